The van der Waals surface area contributed by atoms with Gasteiger partial charge < -0.3 is 19.5 Å². The second-order valence-electron chi connectivity index (χ2n) is 3.17. The van der Waals surface area contributed by atoms with Crippen LogP contribution in [0.15, 0.2) is 0 Å². The molecule has 0 saturated carbocycles. The maximum Gasteiger partial charge on any atom is 0.0899 e. The molecular weight excluding hydrogens is 206 g/mol. The fourth-order valence-electron chi connectivity index (χ4n) is 1.07. The first kappa shape index (κ1) is 14.1. The van der Waals surface area contributed by atoms with Crippen LogP contribution in [0.2, 0.25) is 0 Å². The van der Waals surface area contributed by atoms with Gasteiger partial charge in [-0.25, -0.2) is 0 Å². The van der Waals surface area contributed by atoms with E-state index in [9.17, 15) is 5.11 Å². The van der Waals surface area contributed by atoms with E-state index >= 15 is 0 Å². The molecule has 0 fully saturated rings. The Bertz CT molecular complexity index is 127. The summed E-state index contributed by atoms with van der Waals surface area (Å²) in [7, 11) is 3.51. The number of likely N-dealkylation sites (N-methyl/N-ethyl adjacent to an activating group) is 1. The molecule has 5 heteroatoms. The number of rotatable bonds is 9. The van der Waals surface area contributed by atoms with Crippen LogP contribution in [0.25, 0.3) is 0 Å². The van der Waals surface area contributed by atoms with Gasteiger partial charge in [0, 0.05) is 26.1 Å². The molecule has 0 aliphatic carbocycles. The predicted octanol–water partition coefficient (Wildman–Crippen LogP) is 0.181. The lowest BCUT2D eigenvalue weighted by Gasteiger charge is -2.19. The summed E-state index contributed by atoms with van der Waals surface area (Å²) in [5.41, 5.74) is 0. The standard InChI is InChI=1S/C9H20ClNO3/c1-11(4-6-14-5-3-10)7-9(12)8-13-2/h9,12H,3-8H2,1-2H3. The molecule has 0 amide bonds. The number of nitrogens with zero attached hydrogens (tertiary/aromatic N) is 1. The third-order valence-electron chi connectivity index (χ3n) is 1.72. The highest BCUT2D eigenvalue weighted by Crippen LogP contribution is 1.90. The Balaban J connectivity index is 3.30. The number of hydrogen-bond donors (Lipinski definition) is 1. The number of methoxy groups -OCH3 is 1. The molecule has 4 nitrogen and oxygen atoms in total. The van der Waals surface area contributed by atoms with E-state index in [1.54, 1.807) is 7.11 Å². The SMILES string of the molecule is COCC(O)CN(C)CCOCCCl. The molecule has 0 aliphatic rings. The minimum Gasteiger partial charge on any atom is -0.389 e. The monoisotopic (exact) mass is 225 g/mol. The van der Waals surface area contributed by atoms with Crippen LogP contribution in [-0.2, 0) is 9.47 Å². The second-order valence-corrected chi connectivity index (χ2v) is 3.55. The maximum atomic E-state index is 9.39. The summed E-state index contributed by atoms with van der Waals surface area (Å²) in [5.74, 6) is 0.524. The highest BCUT2D eigenvalue weighted by atomic mass is 35.5. The molecule has 0 spiro atoms. The molecule has 0 heterocycles. The number of aliphatic hydroxyl groups is 1. The van der Waals surface area contributed by atoms with Crippen molar-refractivity contribution in [3.05, 3.63) is 0 Å². The Labute approximate surface area is 90.7 Å². The van der Waals surface area contributed by atoms with Gasteiger partial charge in [-0.2, -0.15) is 0 Å². The molecule has 1 unspecified atom stereocenters. The van der Waals surface area contributed by atoms with E-state index in [4.69, 9.17) is 21.1 Å². The first-order valence-electron chi connectivity index (χ1n) is 4.70. The number of halogens is 1. The molecule has 14 heavy (non-hydrogen) atoms. The number of hydrogen-bond acceptors (Lipinski definition) is 4. The van der Waals surface area contributed by atoms with E-state index in [-0.39, 0.29) is 0 Å². The lowest BCUT2D eigenvalue weighted by Crippen LogP contribution is -2.34. The van der Waals surface area contributed by atoms with Crippen molar-refractivity contribution in [2.45, 2.75) is 6.10 Å². The van der Waals surface area contributed by atoms with Gasteiger partial charge >= 0.3 is 0 Å². The van der Waals surface area contributed by atoms with Gasteiger partial charge in [-0.1, -0.05) is 0 Å². The van der Waals surface area contributed by atoms with E-state index in [2.05, 4.69) is 0 Å². The van der Waals surface area contributed by atoms with Crippen molar-refractivity contribution in [2.75, 3.05) is 52.9 Å². The number of aliphatic hydroxyl groups excluding tert-OH is 1. The van der Waals surface area contributed by atoms with E-state index in [0.717, 1.165) is 6.54 Å². The normalized spacial score (nSPS) is 13.5. The van der Waals surface area contributed by atoms with Crippen molar-refractivity contribution >= 4 is 11.6 Å². The van der Waals surface area contributed by atoms with E-state index in [0.29, 0.717) is 32.2 Å². The molecular formula is C9H20ClNO3. The average molecular weight is 226 g/mol. The number of ether oxygens (including phenoxy) is 2. The molecule has 0 aromatic rings. The zero-order valence-corrected chi connectivity index (χ0v) is 9.66. The highest BCUT2D eigenvalue weighted by Gasteiger charge is 2.06. The Morgan fingerprint density at radius 1 is 1.43 bits per heavy atom. The first-order chi connectivity index (χ1) is 6.70. The molecule has 0 aliphatic heterocycles. The van der Waals surface area contributed by atoms with Crippen LogP contribution in [0.5, 0.6) is 0 Å². The van der Waals surface area contributed by atoms with Crippen molar-refractivity contribution in [3.8, 4) is 0 Å². The van der Waals surface area contributed by atoms with Crippen LogP contribution in [-0.4, -0.2) is 69.1 Å². The quantitative estimate of drug-likeness (QED) is 0.449. The molecule has 0 bridgehead atoms. The molecule has 0 aromatic heterocycles. The summed E-state index contributed by atoms with van der Waals surface area (Å²) in [4.78, 5) is 2.00. The molecule has 0 aromatic carbocycles. The van der Waals surface area contributed by atoms with Crippen LogP contribution in [0.3, 0.4) is 0 Å². The number of alkyl halides is 1. The largest absolute Gasteiger partial charge is 0.389 e. The van der Waals surface area contributed by atoms with Gasteiger partial charge in [0.25, 0.3) is 0 Å². The van der Waals surface area contributed by atoms with Gasteiger partial charge in [0.1, 0.15) is 0 Å². The molecule has 86 valence electrons. The Kier molecular flexibility index (Phi) is 9.77. The van der Waals surface area contributed by atoms with Gasteiger partial charge in [0.2, 0.25) is 0 Å². The van der Waals surface area contributed by atoms with Crippen molar-refractivity contribution < 1.29 is 14.6 Å². The summed E-state index contributed by atoms with van der Waals surface area (Å²) < 4.78 is 10.0. The van der Waals surface area contributed by atoms with Gasteiger partial charge in [-0.3, -0.25) is 0 Å². The second kappa shape index (κ2) is 9.68. The Morgan fingerprint density at radius 3 is 2.71 bits per heavy atom. The predicted molar refractivity (Wildman–Crippen MR) is 56.9 cm³/mol. The Hall–Kier alpha value is 0.130. The molecule has 1 N–H and O–H groups in total. The summed E-state index contributed by atoms with van der Waals surface area (Å²) in [6, 6.07) is 0. The lowest BCUT2D eigenvalue weighted by atomic mass is 10.3. The topological polar surface area (TPSA) is 41.9 Å². The van der Waals surface area contributed by atoms with Crippen molar-refractivity contribution in [1.29, 1.82) is 0 Å². The first-order valence-corrected chi connectivity index (χ1v) is 5.23. The summed E-state index contributed by atoms with van der Waals surface area (Å²) in [6.45, 7) is 2.97. The average Bonchev–Trinajstić information content (AvgIpc) is 2.13. The van der Waals surface area contributed by atoms with Crippen molar-refractivity contribution in [3.63, 3.8) is 0 Å². The van der Waals surface area contributed by atoms with Gasteiger partial charge in [0.05, 0.1) is 25.9 Å². The molecule has 1 atom stereocenters. The summed E-state index contributed by atoms with van der Waals surface area (Å²) in [5, 5.41) is 9.39. The van der Waals surface area contributed by atoms with Crippen LogP contribution in [0.1, 0.15) is 0 Å². The van der Waals surface area contributed by atoms with Crippen LogP contribution in [0, 0.1) is 0 Å². The van der Waals surface area contributed by atoms with E-state index in [1.807, 2.05) is 11.9 Å². The van der Waals surface area contributed by atoms with Gasteiger partial charge in [-0.05, 0) is 7.05 Å². The smallest absolute Gasteiger partial charge is 0.0899 e. The fourth-order valence-corrected chi connectivity index (χ4v) is 1.18. The minimum absolute atomic E-state index is 0.368. The maximum absolute atomic E-state index is 9.39. The van der Waals surface area contributed by atoms with E-state index < -0.39 is 6.10 Å². The fraction of sp³-hybridized carbons (Fsp3) is 1.00. The molecule has 0 radical (unpaired) electrons. The van der Waals surface area contributed by atoms with Crippen LogP contribution < -0.4 is 0 Å². The summed E-state index contributed by atoms with van der Waals surface area (Å²) in [6.07, 6.45) is -0.432. The Morgan fingerprint density at radius 2 is 2.14 bits per heavy atom. The zero-order valence-electron chi connectivity index (χ0n) is 8.91. The molecule has 0 rings (SSSR count). The highest BCUT2D eigenvalue weighted by molar-refractivity contribution is 6.17. The van der Waals surface area contributed by atoms with Crippen LogP contribution in [0.4, 0.5) is 0 Å². The third-order valence-corrected chi connectivity index (χ3v) is 1.87. The molecule has 0 saturated heterocycles. The minimum atomic E-state index is -0.432. The van der Waals surface area contributed by atoms with Gasteiger partial charge in [0.15, 0.2) is 0 Å². The van der Waals surface area contributed by atoms with E-state index in [1.165, 1.54) is 0 Å². The zero-order chi connectivity index (χ0) is 10.8. The van der Waals surface area contributed by atoms with Crippen LogP contribution >= 0.6 is 11.6 Å². The summed E-state index contributed by atoms with van der Waals surface area (Å²) >= 11 is 5.45. The van der Waals surface area contributed by atoms with Crippen molar-refractivity contribution in [1.82, 2.24) is 4.90 Å². The lowest BCUT2D eigenvalue weighted by molar-refractivity contribution is 0.0358. The van der Waals surface area contributed by atoms with Gasteiger partial charge in [-0.15, -0.1) is 11.6 Å². The third kappa shape index (κ3) is 8.72. The van der Waals surface area contributed by atoms with Crippen molar-refractivity contribution in [2.24, 2.45) is 0 Å².